The van der Waals surface area contributed by atoms with Gasteiger partial charge in [-0.3, -0.25) is 9.59 Å². The zero-order valence-electron chi connectivity index (χ0n) is 24.5. The number of thiazole rings is 1. The zero-order valence-corrected chi connectivity index (χ0v) is 26.1. The van der Waals surface area contributed by atoms with Crippen molar-refractivity contribution in [3.05, 3.63) is 70.5 Å². The maximum atomic E-state index is 15.4. The normalized spacial score (nSPS) is 15.2. The molecule has 2 aliphatic carbocycles. The molecule has 0 aliphatic heterocycles. The molecular weight excluding hydrogens is 621 g/mol. The van der Waals surface area contributed by atoms with Crippen LogP contribution < -0.4 is 15.0 Å². The number of carbonyl (C=O) groups excluding carboxylic acids is 3. The number of rotatable bonds is 7. The number of nitrogens with zero attached hydrogens (tertiary/aromatic N) is 4. The highest BCUT2D eigenvalue weighted by molar-refractivity contribution is 7.22. The van der Waals surface area contributed by atoms with Crippen molar-refractivity contribution in [2.45, 2.75) is 57.5 Å². The molecule has 0 radical (unpaired) electrons. The summed E-state index contributed by atoms with van der Waals surface area (Å²) >= 11 is 7.83. The predicted molar refractivity (Wildman–Crippen MR) is 166 cm³/mol. The average Bonchev–Trinajstić information content (AvgIpc) is 3.91. The molecule has 2 fully saturated rings. The van der Waals surface area contributed by atoms with Crippen molar-refractivity contribution in [3.63, 3.8) is 0 Å². The van der Waals surface area contributed by atoms with E-state index < -0.39 is 34.5 Å². The highest BCUT2D eigenvalue weighted by atomic mass is 35.5. The fourth-order valence-corrected chi connectivity index (χ4v) is 5.88. The van der Waals surface area contributed by atoms with E-state index in [1.807, 2.05) is 0 Å². The summed E-state index contributed by atoms with van der Waals surface area (Å²) in [5.41, 5.74) is -1.32. The Bertz CT molecular complexity index is 1910. The second-order valence-electron chi connectivity index (χ2n) is 12.0. The summed E-state index contributed by atoms with van der Waals surface area (Å²) in [5.74, 6) is -1.67. The second kappa shape index (κ2) is 11.4. The molecule has 0 saturated heterocycles. The minimum Gasteiger partial charge on any atom is -0.443 e. The van der Waals surface area contributed by atoms with Gasteiger partial charge < -0.3 is 14.8 Å². The number of amides is 3. The fourth-order valence-electron chi connectivity index (χ4n) is 4.66. The van der Waals surface area contributed by atoms with Gasteiger partial charge in [-0.05, 0) is 76.3 Å². The Kier molecular flexibility index (Phi) is 7.71. The largest absolute Gasteiger partial charge is 0.443 e. The standard InChI is InChI=1S/C32H27ClFN5O5S/c1-31(2,3)44-30(42)39(28(41)19-5-4-6-20(25(19)33)32(16-35)13-14-32)23-15-18(9-10-21(23)34)43-24-12-11-22-27(37-24)45-29(36-22)38-26(40)17-7-8-17/h4-6,9-12,15,17H,7-8,13-14H2,1-3H3,(H,36,38,40). The van der Waals surface area contributed by atoms with E-state index in [1.165, 1.54) is 29.5 Å². The van der Waals surface area contributed by atoms with Crippen LogP contribution in [0.2, 0.25) is 5.02 Å². The monoisotopic (exact) mass is 647 g/mol. The van der Waals surface area contributed by atoms with Gasteiger partial charge in [0.2, 0.25) is 11.8 Å². The SMILES string of the molecule is CC(C)(C)OC(=O)N(C(=O)c1cccc(C2(C#N)CC2)c1Cl)c1cc(Oc2ccc3nc(NC(=O)C4CC4)sc3n2)ccc1F. The number of nitriles is 1. The lowest BCUT2D eigenvalue weighted by Gasteiger charge is -2.27. The molecule has 2 aliphatic rings. The number of benzene rings is 2. The van der Waals surface area contributed by atoms with Gasteiger partial charge in [0.1, 0.15) is 27.5 Å². The number of ether oxygens (including phenoxy) is 2. The van der Waals surface area contributed by atoms with E-state index in [0.717, 1.165) is 18.9 Å². The fraction of sp³-hybridized carbons (Fsp3) is 0.312. The van der Waals surface area contributed by atoms with E-state index in [-0.39, 0.29) is 34.0 Å². The Balaban J connectivity index is 1.32. The molecule has 2 aromatic carbocycles. The van der Waals surface area contributed by atoms with Crippen LogP contribution in [0, 0.1) is 23.1 Å². The lowest BCUT2D eigenvalue weighted by atomic mass is 9.95. The van der Waals surface area contributed by atoms with E-state index in [1.54, 1.807) is 45.0 Å². The molecule has 6 rings (SSSR count). The topological polar surface area (TPSA) is 135 Å². The third kappa shape index (κ3) is 6.32. The molecule has 4 aromatic rings. The second-order valence-corrected chi connectivity index (χ2v) is 13.3. The Morgan fingerprint density at radius 3 is 2.56 bits per heavy atom. The smallest absolute Gasteiger partial charge is 0.422 e. The molecular formula is C32H27ClFN5O5S. The predicted octanol–water partition coefficient (Wildman–Crippen LogP) is 7.76. The van der Waals surface area contributed by atoms with Gasteiger partial charge in [-0.2, -0.15) is 5.26 Å². The van der Waals surface area contributed by atoms with Crippen molar-refractivity contribution >= 4 is 62.0 Å². The Morgan fingerprint density at radius 1 is 1.13 bits per heavy atom. The number of halogens is 2. The third-order valence-electron chi connectivity index (χ3n) is 7.28. The van der Waals surface area contributed by atoms with E-state index in [4.69, 9.17) is 21.1 Å². The Morgan fingerprint density at radius 2 is 1.89 bits per heavy atom. The minimum atomic E-state index is -1.13. The molecule has 0 atom stereocenters. The summed E-state index contributed by atoms with van der Waals surface area (Å²) in [6, 6.07) is 13.7. The lowest BCUT2D eigenvalue weighted by Crippen LogP contribution is -2.41. The van der Waals surface area contributed by atoms with Crippen molar-refractivity contribution in [3.8, 4) is 17.7 Å². The molecule has 13 heteroatoms. The van der Waals surface area contributed by atoms with E-state index in [9.17, 15) is 19.6 Å². The van der Waals surface area contributed by atoms with Crippen molar-refractivity contribution in [1.29, 1.82) is 5.26 Å². The summed E-state index contributed by atoms with van der Waals surface area (Å²) in [4.78, 5) is 49.5. The van der Waals surface area contributed by atoms with Crippen LogP contribution in [0.15, 0.2) is 48.5 Å². The molecule has 2 heterocycles. The van der Waals surface area contributed by atoms with Gasteiger partial charge in [-0.25, -0.2) is 24.1 Å². The molecule has 45 heavy (non-hydrogen) atoms. The van der Waals surface area contributed by atoms with Crippen LogP contribution in [0.25, 0.3) is 10.3 Å². The van der Waals surface area contributed by atoms with E-state index in [2.05, 4.69) is 21.4 Å². The van der Waals surface area contributed by atoms with Crippen LogP contribution in [0.1, 0.15) is 62.4 Å². The molecule has 2 saturated carbocycles. The van der Waals surface area contributed by atoms with Crippen LogP contribution in [0.3, 0.4) is 0 Å². The first-order valence-electron chi connectivity index (χ1n) is 14.2. The van der Waals surface area contributed by atoms with E-state index >= 15 is 4.39 Å². The van der Waals surface area contributed by atoms with Crippen molar-refractivity contribution in [2.24, 2.45) is 5.92 Å². The van der Waals surface area contributed by atoms with Gasteiger partial charge in [-0.1, -0.05) is 35.1 Å². The number of aromatic nitrogens is 2. The molecule has 0 spiro atoms. The number of pyridine rings is 1. The van der Waals surface area contributed by atoms with Crippen LogP contribution in [-0.2, 0) is 14.9 Å². The van der Waals surface area contributed by atoms with Gasteiger partial charge in [0, 0.05) is 18.1 Å². The number of nitrogens with one attached hydrogen (secondary N) is 1. The number of anilines is 2. The first-order valence-corrected chi connectivity index (χ1v) is 15.4. The molecule has 2 aromatic heterocycles. The zero-order chi connectivity index (χ0) is 32.1. The number of fused-ring (bicyclic) bond motifs is 1. The summed E-state index contributed by atoms with van der Waals surface area (Å²) in [6.07, 6.45) is 1.78. The van der Waals surface area contributed by atoms with Crippen molar-refractivity contribution in [1.82, 2.24) is 9.97 Å². The van der Waals surface area contributed by atoms with Crippen LogP contribution in [0.5, 0.6) is 11.6 Å². The van der Waals surface area contributed by atoms with E-state index in [0.29, 0.717) is 38.8 Å². The molecule has 230 valence electrons. The van der Waals surface area contributed by atoms with Crippen molar-refractivity contribution < 1.29 is 28.2 Å². The number of carbonyl (C=O) groups is 3. The maximum Gasteiger partial charge on any atom is 0.422 e. The third-order valence-corrected chi connectivity index (χ3v) is 8.56. The molecule has 1 N–H and O–H groups in total. The maximum absolute atomic E-state index is 15.4. The first-order chi connectivity index (χ1) is 21.4. The summed E-state index contributed by atoms with van der Waals surface area (Å²) in [5, 5.41) is 12.9. The van der Waals surface area contributed by atoms with Gasteiger partial charge in [0.25, 0.3) is 5.91 Å². The summed E-state index contributed by atoms with van der Waals surface area (Å²) in [7, 11) is 0. The molecule has 0 bridgehead atoms. The van der Waals surface area contributed by atoms with Crippen LogP contribution in [-0.4, -0.2) is 33.5 Å². The summed E-state index contributed by atoms with van der Waals surface area (Å²) in [6.45, 7) is 4.85. The average molecular weight is 648 g/mol. The molecule has 0 unspecified atom stereocenters. The quantitative estimate of drug-likeness (QED) is 0.215. The number of imide groups is 1. The Hall–Kier alpha value is -4.60. The number of hydrogen-bond donors (Lipinski definition) is 1. The first kappa shape index (κ1) is 30.4. The van der Waals surface area contributed by atoms with Crippen LogP contribution >= 0.6 is 22.9 Å². The molecule has 3 amide bonds. The minimum absolute atomic E-state index is 0.0117. The molecule has 10 nitrogen and oxygen atoms in total. The van der Waals surface area contributed by atoms with Gasteiger partial charge in [0.15, 0.2) is 5.13 Å². The van der Waals surface area contributed by atoms with Gasteiger partial charge in [0.05, 0.1) is 27.8 Å². The number of hydrogen-bond acceptors (Lipinski definition) is 9. The van der Waals surface area contributed by atoms with Gasteiger partial charge in [-0.15, -0.1) is 0 Å². The highest BCUT2D eigenvalue weighted by Gasteiger charge is 2.47. The lowest BCUT2D eigenvalue weighted by molar-refractivity contribution is -0.117. The van der Waals surface area contributed by atoms with Crippen molar-refractivity contribution in [2.75, 3.05) is 10.2 Å². The summed E-state index contributed by atoms with van der Waals surface area (Å²) < 4.78 is 26.8. The van der Waals surface area contributed by atoms with Gasteiger partial charge >= 0.3 is 6.09 Å². The highest BCUT2D eigenvalue weighted by Crippen LogP contribution is 2.50. The Labute approximate surface area is 266 Å². The van der Waals surface area contributed by atoms with Crippen LogP contribution in [0.4, 0.5) is 20.0 Å².